The van der Waals surface area contributed by atoms with E-state index in [1.807, 2.05) is 50.9 Å². The number of rotatable bonds is 21. The van der Waals surface area contributed by atoms with Crippen molar-refractivity contribution >= 4 is 23.4 Å². The number of benzene rings is 1. The van der Waals surface area contributed by atoms with E-state index in [0.29, 0.717) is 30.7 Å². The van der Waals surface area contributed by atoms with Gasteiger partial charge in [-0.3, -0.25) is 19.2 Å². The minimum Gasteiger partial charge on any atom is -0.379 e. The molecule has 11 atom stereocenters. The number of hydrogen-bond donors (Lipinski definition) is 1. The molecule has 0 spiro atoms. The number of Topliss-reactive ketones (excluding diaryl/α,β-unsaturated/α-hetero) is 2. The lowest BCUT2D eigenvalue weighted by atomic mass is 9.83. The van der Waals surface area contributed by atoms with Gasteiger partial charge in [-0.05, 0) is 67.9 Å². The van der Waals surface area contributed by atoms with Crippen molar-refractivity contribution in [1.29, 1.82) is 0 Å². The Labute approximate surface area is 335 Å². The quantitative estimate of drug-likeness (QED) is 0.161. The Bertz CT molecular complexity index is 1590. The maximum atomic E-state index is 14.4. The van der Waals surface area contributed by atoms with E-state index in [4.69, 9.17) is 9.47 Å². The van der Waals surface area contributed by atoms with Crippen molar-refractivity contribution in [2.24, 2.45) is 29.6 Å². The number of fused-ring (bicyclic) bond motifs is 2. The SMILES string of the molecule is CC[C@H](C)[C@@H]([C@@H](CC(=O)N1CCC[C@H]1[C@H](OC)[C@@H](C)C(=O)C[C@@H](Cc1ccccc1)c1ncccn1)OC)N(C)C(=O)[C@@H](CC(=O)[C@H]1N[C@@H]2CC[C@H]1C2)C(C)C. The lowest BCUT2D eigenvalue weighted by Gasteiger charge is -2.41. The summed E-state index contributed by atoms with van der Waals surface area (Å²) in [5, 5.41) is 3.51. The number of carbonyl (C=O) groups is 4. The largest absolute Gasteiger partial charge is 0.379 e. The van der Waals surface area contributed by atoms with Gasteiger partial charge >= 0.3 is 0 Å². The molecule has 1 aromatic heterocycles. The molecule has 1 aliphatic carbocycles. The number of aromatic nitrogens is 2. The second kappa shape index (κ2) is 20.2. The Balaban J connectivity index is 1.27. The standard InChI is InChI=1S/C45H67N5O6/c1-9-29(4)42(49(6)45(54)35(28(2)3)26-38(52)41-32-18-19-34(24-32)48-41)39(55-7)27-40(53)50-22-13-17-36(50)43(56-8)30(5)37(51)25-33(44-46-20-14-21-47-44)23-31-15-11-10-12-16-31/h10-12,14-16,20-21,28-30,32-36,39,41-43,48H,9,13,17-19,22-27H2,1-8H3/t29-,30-,32-,33+,34+,35-,36-,39+,41-,42-,43+/m0/s1. The van der Waals surface area contributed by atoms with Gasteiger partial charge in [-0.25, -0.2) is 9.97 Å². The number of carbonyl (C=O) groups excluding carboxylic acids is 4. The highest BCUT2D eigenvalue weighted by atomic mass is 16.5. The molecule has 3 fully saturated rings. The van der Waals surface area contributed by atoms with Crippen LogP contribution in [0.5, 0.6) is 0 Å². The number of methoxy groups -OCH3 is 2. The van der Waals surface area contributed by atoms with Crippen molar-refractivity contribution in [2.45, 2.75) is 141 Å². The lowest BCUT2D eigenvalue weighted by molar-refractivity contribution is -0.149. The van der Waals surface area contributed by atoms with E-state index in [1.165, 1.54) is 0 Å². The van der Waals surface area contributed by atoms with E-state index in [0.717, 1.165) is 44.1 Å². The van der Waals surface area contributed by atoms with Crippen LogP contribution in [0.15, 0.2) is 48.8 Å². The second-order valence-electron chi connectivity index (χ2n) is 17.2. The number of likely N-dealkylation sites (tertiary alicyclic amines) is 1. The molecule has 1 aromatic carbocycles. The fraction of sp³-hybridized carbons (Fsp3) is 0.689. The van der Waals surface area contributed by atoms with Gasteiger partial charge in [-0.1, -0.05) is 71.4 Å². The molecule has 2 aromatic rings. The third-order valence-electron chi connectivity index (χ3n) is 13.3. The summed E-state index contributed by atoms with van der Waals surface area (Å²) in [6.07, 6.45) is 9.11. The number of nitrogens with zero attached hydrogens (tertiary/aromatic N) is 4. The summed E-state index contributed by atoms with van der Waals surface area (Å²) < 4.78 is 12.2. The highest BCUT2D eigenvalue weighted by Gasteiger charge is 2.46. The molecule has 2 amide bonds. The molecule has 2 saturated heterocycles. The summed E-state index contributed by atoms with van der Waals surface area (Å²) >= 11 is 0. The first kappa shape index (κ1) is 43.6. The Hall–Kier alpha value is -3.54. The molecular weight excluding hydrogens is 707 g/mol. The monoisotopic (exact) mass is 774 g/mol. The van der Waals surface area contributed by atoms with Crippen LogP contribution >= 0.6 is 0 Å². The van der Waals surface area contributed by atoms with E-state index in [9.17, 15) is 19.2 Å². The summed E-state index contributed by atoms with van der Waals surface area (Å²) in [4.78, 5) is 69.0. The molecule has 2 bridgehead atoms. The maximum Gasteiger partial charge on any atom is 0.226 e. The smallest absolute Gasteiger partial charge is 0.226 e. The Morgan fingerprint density at radius 2 is 1.64 bits per heavy atom. The number of piperidine rings is 1. The summed E-state index contributed by atoms with van der Waals surface area (Å²) in [6.45, 7) is 10.7. The number of amides is 2. The van der Waals surface area contributed by atoms with Crippen LogP contribution in [-0.2, 0) is 35.1 Å². The molecule has 0 radical (unpaired) electrons. The molecule has 3 aliphatic rings. The van der Waals surface area contributed by atoms with Crippen molar-refractivity contribution in [3.05, 3.63) is 60.2 Å². The van der Waals surface area contributed by atoms with Crippen LogP contribution in [0.4, 0.5) is 0 Å². The zero-order valence-corrected chi connectivity index (χ0v) is 35.1. The zero-order valence-electron chi connectivity index (χ0n) is 35.1. The highest BCUT2D eigenvalue weighted by molar-refractivity contribution is 5.90. The Kier molecular flexibility index (Phi) is 15.8. The van der Waals surface area contributed by atoms with Crippen molar-refractivity contribution in [3.8, 4) is 0 Å². The summed E-state index contributed by atoms with van der Waals surface area (Å²) in [5.41, 5.74) is 1.11. The van der Waals surface area contributed by atoms with Gasteiger partial charge in [-0.2, -0.15) is 0 Å². The maximum absolute atomic E-state index is 14.4. The summed E-state index contributed by atoms with van der Waals surface area (Å²) in [5.74, 6) is -0.0788. The van der Waals surface area contributed by atoms with Gasteiger partial charge in [0.05, 0.1) is 36.8 Å². The zero-order chi connectivity index (χ0) is 40.5. The molecule has 11 heteroatoms. The molecule has 3 heterocycles. The average Bonchev–Trinajstić information content (AvgIpc) is 3.99. The number of nitrogens with one attached hydrogen (secondary N) is 1. The molecule has 56 heavy (non-hydrogen) atoms. The van der Waals surface area contributed by atoms with Crippen LogP contribution in [-0.4, -0.2) is 107 Å². The van der Waals surface area contributed by atoms with Gasteiger partial charge < -0.3 is 24.6 Å². The molecule has 11 nitrogen and oxygen atoms in total. The van der Waals surface area contributed by atoms with E-state index in [2.05, 4.69) is 41.3 Å². The number of likely N-dealkylation sites (N-methyl/N-ethyl adjacent to an activating group) is 1. The molecule has 5 rings (SSSR count). The molecule has 1 N–H and O–H groups in total. The average molecular weight is 774 g/mol. The van der Waals surface area contributed by atoms with Crippen LogP contribution < -0.4 is 5.32 Å². The number of ketones is 2. The van der Waals surface area contributed by atoms with Crippen molar-refractivity contribution in [1.82, 2.24) is 25.1 Å². The Morgan fingerprint density at radius 3 is 2.23 bits per heavy atom. The molecule has 1 saturated carbocycles. The fourth-order valence-corrected chi connectivity index (χ4v) is 9.87. The van der Waals surface area contributed by atoms with Gasteiger partial charge in [0.2, 0.25) is 11.8 Å². The van der Waals surface area contributed by atoms with Crippen molar-refractivity contribution in [2.75, 3.05) is 27.8 Å². The first-order chi connectivity index (χ1) is 26.9. The van der Waals surface area contributed by atoms with Gasteiger partial charge in [0.15, 0.2) is 5.78 Å². The normalized spacial score (nSPS) is 24.3. The third-order valence-corrected chi connectivity index (χ3v) is 13.3. The summed E-state index contributed by atoms with van der Waals surface area (Å²) in [6, 6.07) is 11.5. The highest BCUT2D eigenvalue weighted by Crippen LogP contribution is 2.37. The van der Waals surface area contributed by atoms with Crippen molar-refractivity contribution in [3.63, 3.8) is 0 Å². The predicted octanol–water partition coefficient (Wildman–Crippen LogP) is 6.05. The topological polar surface area (TPSA) is 131 Å². The van der Waals surface area contributed by atoms with Gasteiger partial charge in [0.25, 0.3) is 0 Å². The Morgan fingerprint density at radius 1 is 0.929 bits per heavy atom. The van der Waals surface area contributed by atoms with Crippen LogP contribution in [0, 0.1) is 29.6 Å². The number of hydrogen-bond acceptors (Lipinski definition) is 9. The van der Waals surface area contributed by atoms with E-state index in [1.54, 1.807) is 37.6 Å². The van der Waals surface area contributed by atoms with Crippen LogP contribution in [0.3, 0.4) is 0 Å². The van der Waals surface area contributed by atoms with Gasteiger partial charge in [0.1, 0.15) is 11.6 Å². The minimum atomic E-state index is -0.562. The molecule has 2 aliphatic heterocycles. The lowest BCUT2D eigenvalue weighted by Crippen LogP contribution is -2.54. The van der Waals surface area contributed by atoms with Gasteiger partial charge in [0, 0.05) is 76.8 Å². The molecule has 308 valence electrons. The first-order valence-corrected chi connectivity index (χ1v) is 21.1. The fourth-order valence-electron chi connectivity index (χ4n) is 9.87. The van der Waals surface area contributed by atoms with Crippen LogP contribution in [0.2, 0.25) is 0 Å². The van der Waals surface area contributed by atoms with Gasteiger partial charge in [-0.15, -0.1) is 0 Å². The van der Waals surface area contributed by atoms with E-state index in [-0.39, 0.29) is 78.5 Å². The molecular formula is C45H67N5O6. The van der Waals surface area contributed by atoms with Crippen molar-refractivity contribution < 1.29 is 28.7 Å². The predicted molar refractivity (Wildman–Crippen MR) is 217 cm³/mol. The molecule has 0 unspecified atom stereocenters. The van der Waals surface area contributed by atoms with Crippen LogP contribution in [0.1, 0.15) is 110 Å². The van der Waals surface area contributed by atoms with Crippen LogP contribution in [0.25, 0.3) is 0 Å². The third kappa shape index (κ3) is 10.3. The van der Waals surface area contributed by atoms with E-state index >= 15 is 0 Å². The summed E-state index contributed by atoms with van der Waals surface area (Å²) in [7, 11) is 5.04. The second-order valence-corrected chi connectivity index (χ2v) is 17.2. The number of ether oxygens (including phenoxy) is 2. The van der Waals surface area contributed by atoms with E-state index < -0.39 is 24.0 Å². The minimum absolute atomic E-state index is 0.0254. The first-order valence-electron chi connectivity index (χ1n) is 21.1.